The number of hydrogen-bond acceptors (Lipinski definition) is 3. The van der Waals surface area contributed by atoms with E-state index in [1.165, 1.54) is 25.7 Å². The number of nitrogens with one attached hydrogen (secondary N) is 1. The lowest BCUT2D eigenvalue weighted by atomic mass is 10.1. The van der Waals surface area contributed by atoms with Crippen LogP contribution in [-0.2, 0) is 6.54 Å². The van der Waals surface area contributed by atoms with Crippen molar-refractivity contribution >= 4 is 16.9 Å². The van der Waals surface area contributed by atoms with Crippen molar-refractivity contribution in [2.24, 2.45) is 0 Å². The lowest BCUT2D eigenvalue weighted by Crippen LogP contribution is -2.32. The van der Waals surface area contributed by atoms with Gasteiger partial charge in [-0.15, -0.1) is 0 Å². The molecule has 0 spiro atoms. The molecule has 0 atom stereocenters. The van der Waals surface area contributed by atoms with Crippen molar-refractivity contribution < 1.29 is 4.79 Å². The summed E-state index contributed by atoms with van der Waals surface area (Å²) in [6.45, 7) is 3.54. The molecule has 0 saturated carbocycles. The number of hydrogen-bond donors (Lipinski definition) is 1. The quantitative estimate of drug-likeness (QED) is 0.517. The van der Waals surface area contributed by atoms with Crippen molar-refractivity contribution in [3.63, 3.8) is 0 Å². The molecule has 0 aliphatic rings. The molecule has 2 aromatic heterocycles. The third kappa shape index (κ3) is 5.39. The SMILES string of the molecule is CCCCCCCCN(Cc1ccncc1)C(=O)c1nc2ccccc2[nH]1. The molecule has 0 unspecified atom stereocenters. The maximum absolute atomic E-state index is 13.1. The van der Waals surface area contributed by atoms with Gasteiger partial charge in [0.25, 0.3) is 5.91 Å². The van der Waals surface area contributed by atoms with Crippen LogP contribution in [0, 0.1) is 0 Å². The fourth-order valence-corrected chi connectivity index (χ4v) is 3.25. The van der Waals surface area contributed by atoms with Crippen LogP contribution in [0.3, 0.4) is 0 Å². The first-order valence-corrected chi connectivity index (χ1v) is 9.91. The highest BCUT2D eigenvalue weighted by Crippen LogP contribution is 2.15. The van der Waals surface area contributed by atoms with E-state index < -0.39 is 0 Å². The van der Waals surface area contributed by atoms with E-state index in [2.05, 4.69) is 21.9 Å². The van der Waals surface area contributed by atoms with Gasteiger partial charge in [-0.05, 0) is 36.2 Å². The van der Waals surface area contributed by atoms with Crippen molar-refractivity contribution in [3.8, 4) is 0 Å². The Kier molecular flexibility index (Phi) is 6.97. The Morgan fingerprint density at radius 2 is 1.74 bits per heavy atom. The Morgan fingerprint density at radius 3 is 2.52 bits per heavy atom. The Labute approximate surface area is 160 Å². The molecule has 1 N–H and O–H groups in total. The zero-order valence-electron chi connectivity index (χ0n) is 16.0. The summed E-state index contributed by atoms with van der Waals surface area (Å²) in [6, 6.07) is 11.7. The number of carbonyl (C=O) groups excluding carboxylic acids is 1. The minimum Gasteiger partial charge on any atom is -0.334 e. The van der Waals surface area contributed by atoms with E-state index in [1.54, 1.807) is 12.4 Å². The van der Waals surface area contributed by atoms with Gasteiger partial charge in [0.2, 0.25) is 0 Å². The summed E-state index contributed by atoms with van der Waals surface area (Å²) >= 11 is 0. The number of para-hydroxylation sites is 2. The average Bonchev–Trinajstić information content (AvgIpc) is 3.14. The normalized spacial score (nSPS) is 11.0. The van der Waals surface area contributed by atoms with Gasteiger partial charge in [0.15, 0.2) is 5.82 Å². The number of aromatic nitrogens is 3. The molecule has 5 nitrogen and oxygen atoms in total. The molecule has 3 aromatic rings. The number of nitrogens with zero attached hydrogens (tertiary/aromatic N) is 3. The topological polar surface area (TPSA) is 61.9 Å². The smallest absolute Gasteiger partial charge is 0.289 e. The Morgan fingerprint density at radius 1 is 1.00 bits per heavy atom. The summed E-state index contributed by atoms with van der Waals surface area (Å²) < 4.78 is 0. The van der Waals surface area contributed by atoms with Crippen molar-refractivity contribution in [2.75, 3.05) is 6.54 Å². The highest BCUT2D eigenvalue weighted by Gasteiger charge is 2.19. The molecule has 0 aliphatic carbocycles. The fourth-order valence-electron chi connectivity index (χ4n) is 3.25. The van der Waals surface area contributed by atoms with Crippen LogP contribution in [-0.4, -0.2) is 32.3 Å². The van der Waals surface area contributed by atoms with E-state index in [4.69, 9.17) is 0 Å². The van der Waals surface area contributed by atoms with Crippen LogP contribution in [0.5, 0.6) is 0 Å². The molecule has 1 aromatic carbocycles. The summed E-state index contributed by atoms with van der Waals surface area (Å²) in [5, 5.41) is 0. The molecule has 0 bridgehead atoms. The standard InChI is InChI=1S/C22H28N4O/c1-2-3-4-5-6-9-16-26(17-18-12-14-23-15-13-18)22(27)21-24-19-10-7-8-11-20(19)25-21/h7-8,10-15H,2-6,9,16-17H2,1H3,(H,24,25). The van der Waals surface area contributed by atoms with Crippen LogP contribution >= 0.6 is 0 Å². The van der Waals surface area contributed by atoms with Crippen molar-refractivity contribution in [3.05, 3.63) is 60.2 Å². The Bertz CT molecular complexity index is 811. The number of benzene rings is 1. The predicted molar refractivity (Wildman–Crippen MR) is 108 cm³/mol. The second kappa shape index (κ2) is 9.86. The zero-order chi connectivity index (χ0) is 18.9. The minimum absolute atomic E-state index is 0.0448. The van der Waals surface area contributed by atoms with E-state index in [0.717, 1.165) is 36.0 Å². The number of aromatic amines is 1. The van der Waals surface area contributed by atoms with Crippen molar-refractivity contribution in [2.45, 2.75) is 52.0 Å². The van der Waals surface area contributed by atoms with Crippen molar-refractivity contribution in [1.29, 1.82) is 0 Å². The van der Waals surface area contributed by atoms with Gasteiger partial charge in [-0.25, -0.2) is 4.98 Å². The maximum Gasteiger partial charge on any atom is 0.289 e. The first-order chi connectivity index (χ1) is 13.3. The summed E-state index contributed by atoms with van der Waals surface area (Å²) in [7, 11) is 0. The number of rotatable bonds is 10. The number of unbranched alkanes of at least 4 members (excludes halogenated alkanes) is 5. The zero-order valence-corrected chi connectivity index (χ0v) is 16.0. The fraction of sp³-hybridized carbons (Fsp3) is 0.409. The predicted octanol–water partition coefficient (Wildman–Crippen LogP) is 4.96. The molecule has 0 aliphatic heterocycles. The molecule has 3 rings (SSSR count). The molecule has 2 heterocycles. The van der Waals surface area contributed by atoms with Crippen LogP contribution in [0.25, 0.3) is 11.0 Å². The third-order valence-electron chi connectivity index (χ3n) is 4.78. The van der Waals surface area contributed by atoms with Gasteiger partial charge in [0.05, 0.1) is 11.0 Å². The summed E-state index contributed by atoms with van der Waals surface area (Å²) in [6.07, 6.45) is 10.8. The maximum atomic E-state index is 13.1. The number of fused-ring (bicyclic) bond motifs is 1. The van der Waals surface area contributed by atoms with E-state index in [9.17, 15) is 4.79 Å². The molecule has 1 amide bonds. The van der Waals surface area contributed by atoms with Gasteiger partial charge in [-0.1, -0.05) is 51.2 Å². The van der Waals surface area contributed by atoms with Gasteiger partial charge in [-0.3, -0.25) is 9.78 Å². The monoisotopic (exact) mass is 364 g/mol. The lowest BCUT2D eigenvalue weighted by molar-refractivity contribution is 0.0729. The third-order valence-corrected chi connectivity index (χ3v) is 4.78. The summed E-state index contributed by atoms with van der Waals surface area (Å²) in [5.41, 5.74) is 2.80. The summed E-state index contributed by atoms with van der Waals surface area (Å²) in [4.78, 5) is 26.7. The van der Waals surface area contributed by atoms with E-state index in [1.807, 2.05) is 41.3 Å². The van der Waals surface area contributed by atoms with Crippen LogP contribution in [0.1, 0.15) is 61.6 Å². The van der Waals surface area contributed by atoms with E-state index >= 15 is 0 Å². The summed E-state index contributed by atoms with van der Waals surface area (Å²) in [5.74, 6) is 0.368. The number of pyridine rings is 1. The first kappa shape index (κ1) is 19.1. The second-order valence-electron chi connectivity index (χ2n) is 6.95. The van der Waals surface area contributed by atoms with Gasteiger partial charge in [0, 0.05) is 25.5 Å². The Balaban J connectivity index is 1.68. The number of amides is 1. The number of H-pyrrole nitrogens is 1. The molecular weight excluding hydrogens is 336 g/mol. The highest BCUT2D eigenvalue weighted by molar-refractivity contribution is 5.94. The molecule has 27 heavy (non-hydrogen) atoms. The van der Waals surface area contributed by atoms with E-state index in [-0.39, 0.29) is 5.91 Å². The molecule has 0 fully saturated rings. The average molecular weight is 364 g/mol. The Hall–Kier alpha value is -2.69. The molecule has 0 radical (unpaired) electrons. The van der Waals surface area contributed by atoms with Gasteiger partial charge >= 0.3 is 0 Å². The minimum atomic E-state index is -0.0448. The first-order valence-electron chi connectivity index (χ1n) is 9.91. The highest BCUT2D eigenvalue weighted by atomic mass is 16.2. The number of carbonyl (C=O) groups is 1. The van der Waals surface area contributed by atoms with Gasteiger partial charge in [0.1, 0.15) is 0 Å². The van der Waals surface area contributed by atoms with E-state index in [0.29, 0.717) is 12.4 Å². The van der Waals surface area contributed by atoms with Gasteiger partial charge < -0.3 is 9.88 Å². The second-order valence-corrected chi connectivity index (χ2v) is 6.95. The van der Waals surface area contributed by atoms with Gasteiger partial charge in [-0.2, -0.15) is 0 Å². The largest absolute Gasteiger partial charge is 0.334 e. The van der Waals surface area contributed by atoms with Crippen molar-refractivity contribution in [1.82, 2.24) is 19.9 Å². The lowest BCUT2D eigenvalue weighted by Gasteiger charge is -2.22. The molecule has 0 saturated heterocycles. The molecule has 5 heteroatoms. The van der Waals surface area contributed by atoms with Crippen LogP contribution in [0.2, 0.25) is 0 Å². The molecule has 142 valence electrons. The van der Waals surface area contributed by atoms with Crippen LogP contribution in [0.4, 0.5) is 0 Å². The number of imidazole rings is 1. The van der Waals surface area contributed by atoms with Crippen LogP contribution < -0.4 is 0 Å². The molecular formula is C22H28N4O. The van der Waals surface area contributed by atoms with Crippen LogP contribution in [0.15, 0.2) is 48.8 Å².